The Balaban J connectivity index is 1.68. The lowest BCUT2D eigenvalue weighted by molar-refractivity contribution is 0.592. The van der Waals surface area contributed by atoms with Gasteiger partial charge < -0.3 is 5.32 Å². The zero-order valence-electron chi connectivity index (χ0n) is 17.0. The number of hydrogen-bond acceptors (Lipinski definition) is 6. The van der Waals surface area contributed by atoms with Gasteiger partial charge in [0.05, 0.1) is 10.4 Å². The van der Waals surface area contributed by atoms with Crippen LogP contribution in [-0.4, -0.2) is 28.2 Å². The van der Waals surface area contributed by atoms with E-state index in [0.29, 0.717) is 11.3 Å². The molecule has 0 aliphatic carbocycles. The number of nitrogens with one attached hydrogen (secondary N) is 1. The molecule has 2 aromatic heterocycles. The van der Waals surface area contributed by atoms with E-state index in [9.17, 15) is 12.8 Å². The van der Waals surface area contributed by atoms with Crippen molar-refractivity contribution in [3.63, 3.8) is 0 Å². The Hall–Kier alpha value is -3.85. The van der Waals surface area contributed by atoms with Crippen molar-refractivity contribution in [3.05, 3.63) is 90.2 Å². The SMILES string of the molecule is CC(Nc1nc2c(S(=O)(=O)c3ccccc3)nnn2c2ccccc12)c1ccc(F)cc1. The average molecular weight is 447 g/mol. The number of sulfone groups is 1. The van der Waals surface area contributed by atoms with Crippen LogP contribution in [0.2, 0.25) is 0 Å². The van der Waals surface area contributed by atoms with Crippen molar-refractivity contribution >= 4 is 32.2 Å². The zero-order chi connectivity index (χ0) is 22.3. The number of anilines is 1. The minimum atomic E-state index is -3.92. The van der Waals surface area contributed by atoms with Crippen molar-refractivity contribution in [1.29, 1.82) is 0 Å². The summed E-state index contributed by atoms with van der Waals surface area (Å²) in [6, 6.07) is 21.4. The van der Waals surface area contributed by atoms with E-state index in [-0.39, 0.29) is 27.4 Å². The van der Waals surface area contributed by atoms with Crippen molar-refractivity contribution in [2.24, 2.45) is 0 Å². The lowest BCUT2D eigenvalue weighted by Crippen LogP contribution is -2.10. The molecule has 7 nitrogen and oxygen atoms in total. The summed E-state index contributed by atoms with van der Waals surface area (Å²) in [5.41, 5.74) is 1.65. The Morgan fingerprint density at radius 3 is 2.38 bits per heavy atom. The molecule has 1 atom stereocenters. The number of halogens is 1. The monoisotopic (exact) mass is 447 g/mol. The molecule has 0 fully saturated rings. The minimum Gasteiger partial charge on any atom is -0.363 e. The Labute approximate surface area is 183 Å². The molecule has 0 amide bonds. The van der Waals surface area contributed by atoms with E-state index in [1.54, 1.807) is 30.3 Å². The quantitative estimate of drug-likeness (QED) is 0.429. The van der Waals surface area contributed by atoms with Crippen LogP contribution in [0.5, 0.6) is 0 Å². The third kappa shape index (κ3) is 3.36. The number of hydrogen-bond donors (Lipinski definition) is 1. The first-order chi connectivity index (χ1) is 15.4. The fourth-order valence-corrected chi connectivity index (χ4v) is 4.84. The molecule has 1 unspecified atom stereocenters. The van der Waals surface area contributed by atoms with Gasteiger partial charge in [-0.2, -0.15) is 4.52 Å². The molecule has 3 aromatic carbocycles. The first-order valence-corrected chi connectivity index (χ1v) is 11.4. The van der Waals surface area contributed by atoms with Crippen LogP contribution in [0.3, 0.4) is 0 Å². The number of nitrogens with zero attached hydrogens (tertiary/aromatic N) is 4. The second-order valence-corrected chi connectivity index (χ2v) is 9.21. The largest absolute Gasteiger partial charge is 0.363 e. The summed E-state index contributed by atoms with van der Waals surface area (Å²) in [5, 5.41) is 11.9. The van der Waals surface area contributed by atoms with Gasteiger partial charge in [0, 0.05) is 11.4 Å². The highest BCUT2D eigenvalue weighted by Crippen LogP contribution is 2.29. The van der Waals surface area contributed by atoms with Crippen molar-refractivity contribution < 1.29 is 12.8 Å². The highest BCUT2D eigenvalue weighted by atomic mass is 32.2. The smallest absolute Gasteiger partial charge is 0.229 e. The Kier molecular flexibility index (Phi) is 4.82. The van der Waals surface area contributed by atoms with Crippen LogP contribution in [0.4, 0.5) is 10.2 Å². The predicted octanol–water partition coefficient (Wildman–Crippen LogP) is 4.42. The van der Waals surface area contributed by atoms with Crippen LogP contribution in [0.1, 0.15) is 18.5 Å². The molecule has 2 heterocycles. The standard InChI is InChI=1S/C23H18FN5O2S/c1-15(16-11-13-17(24)14-12-16)25-21-19-9-5-6-10-20(19)29-22(26-21)23(27-28-29)32(30,31)18-7-3-2-4-8-18/h2-15H,1H3,(H,25,26). The summed E-state index contributed by atoms with van der Waals surface area (Å²) in [6.07, 6.45) is 0. The highest BCUT2D eigenvalue weighted by molar-refractivity contribution is 7.91. The molecular formula is C23H18FN5O2S. The Bertz CT molecular complexity index is 1530. The van der Waals surface area contributed by atoms with Gasteiger partial charge in [0.1, 0.15) is 11.6 Å². The van der Waals surface area contributed by atoms with E-state index in [4.69, 9.17) is 0 Å². The molecule has 0 aliphatic heterocycles. The molecule has 0 spiro atoms. The molecule has 1 N–H and O–H groups in total. The summed E-state index contributed by atoms with van der Waals surface area (Å²) in [7, 11) is -3.92. The molecule has 0 saturated heterocycles. The van der Waals surface area contributed by atoms with E-state index < -0.39 is 9.84 Å². The fourth-order valence-electron chi connectivity index (χ4n) is 3.58. The molecule has 5 rings (SSSR count). The maximum absolute atomic E-state index is 13.3. The van der Waals surface area contributed by atoms with E-state index >= 15 is 0 Å². The van der Waals surface area contributed by atoms with Gasteiger partial charge in [-0.15, -0.1) is 5.10 Å². The summed E-state index contributed by atoms with van der Waals surface area (Å²) in [6.45, 7) is 1.92. The maximum atomic E-state index is 13.3. The van der Waals surface area contributed by atoms with Crippen LogP contribution >= 0.6 is 0 Å². The second-order valence-electron chi connectivity index (χ2n) is 7.34. The third-order valence-electron chi connectivity index (χ3n) is 5.25. The molecule has 0 bridgehead atoms. The molecule has 0 saturated carbocycles. The molecule has 9 heteroatoms. The molecular weight excluding hydrogens is 429 g/mol. The van der Waals surface area contributed by atoms with Crippen molar-refractivity contribution in [3.8, 4) is 0 Å². The summed E-state index contributed by atoms with van der Waals surface area (Å²) in [5.74, 6) is 0.170. The zero-order valence-corrected chi connectivity index (χ0v) is 17.8. The minimum absolute atomic E-state index is 0.117. The van der Waals surface area contributed by atoms with E-state index in [0.717, 1.165) is 10.9 Å². The van der Waals surface area contributed by atoms with Crippen LogP contribution < -0.4 is 5.32 Å². The van der Waals surface area contributed by atoms with Gasteiger partial charge in [-0.05, 0) is 48.9 Å². The van der Waals surface area contributed by atoms with Crippen LogP contribution in [0.25, 0.3) is 16.6 Å². The van der Waals surface area contributed by atoms with Crippen molar-refractivity contribution in [2.45, 2.75) is 22.9 Å². The van der Waals surface area contributed by atoms with Crippen LogP contribution in [0.15, 0.2) is 88.8 Å². The summed E-state index contributed by atoms with van der Waals surface area (Å²) >= 11 is 0. The van der Waals surface area contributed by atoms with E-state index in [1.165, 1.54) is 28.8 Å². The summed E-state index contributed by atoms with van der Waals surface area (Å²) in [4.78, 5) is 4.73. The second kappa shape index (κ2) is 7.69. The number of aromatic nitrogens is 4. The number of fused-ring (bicyclic) bond motifs is 3. The van der Waals surface area contributed by atoms with Gasteiger partial charge >= 0.3 is 0 Å². The van der Waals surface area contributed by atoms with Gasteiger partial charge in [-0.1, -0.05) is 47.7 Å². The first-order valence-electron chi connectivity index (χ1n) is 9.91. The molecule has 160 valence electrons. The predicted molar refractivity (Wildman–Crippen MR) is 119 cm³/mol. The number of para-hydroxylation sites is 1. The lowest BCUT2D eigenvalue weighted by atomic mass is 10.1. The summed E-state index contributed by atoms with van der Waals surface area (Å²) < 4.78 is 41.2. The van der Waals surface area contributed by atoms with E-state index in [2.05, 4.69) is 20.6 Å². The Morgan fingerprint density at radius 1 is 0.938 bits per heavy atom. The van der Waals surface area contributed by atoms with Gasteiger partial charge in [0.2, 0.25) is 14.9 Å². The first kappa shape index (κ1) is 20.1. The number of benzene rings is 3. The van der Waals surface area contributed by atoms with E-state index in [1.807, 2.05) is 31.2 Å². The highest BCUT2D eigenvalue weighted by Gasteiger charge is 2.27. The normalized spacial score (nSPS) is 12.8. The van der Waals surface area contributed by atoms with Gasteiger partial charge in [0.25, 0.3) is 0 Å². The van der Waals surface area contributed by atoms with Gasteiger partial charge in [-0.25, -0.2) is 17.8 Å². The van der Waals surface area contributed by atoms with Crippen LogP contribution in [0, 0.1) is 5.82 Å². The van der Waals surface area contributed by atoms with Crippen molar-refractivity contribution in [2.75, 3.05) is 5.32 Å². The van der Waals surface area contributed by atoms with Crippen LogP contribution in [-0.2, 0) is 9.84 Å². The van der Waals surface area contributed by atoms with Gasteiger partial charge in [-0.3, -0.25) is 0 Å². The third-order valence-corrected chi connectivity index (χ3v) is 6.92. The lowest BCUT2D eigenvalue weighted by Gasteiger charge is -2.17. The van der Waals surface area contributed by atoms with Crippen molar-refractivity contribution in [1.82, 2.24) is 19.8 Å². The average Bonchev–Trinajstić information content (AvgIpc) is 3.25. The fraction of sp³-hybridized carbons (Fsp3) is 0.0870. The molecule has 32 heavy (non-hydrogen) atoms. The number of rotatable bonds is 5. The van der Waals surface area contributed by atoms with Gasteiger partial charge in [0.15, 0.2) is 5.65 Å². The molecule has 0 aliphatic rings. The maximum Gasteiger partial charge on any atom is 0.229 e. The molecule has 0 radical (unpaired) electrons. The molecule has 5 aromatic rings. The Morgan fingerprint density at radius 2 is 1.62 bits per heavy atom. The topological polar surface area (TPSA) is 89.2 Å².